The van der Waals surface area contributed by atoms with Crippen LogP contribution in [0.4, 0.5) is 0 Å². The smallest absolute Gasteiger partial charge is 0.308 e. The molecule has 6 nitrogen and oxygen atoms in total. The summed E-state index contributed by atoms with van der Waals surface area (Å²) in [6.45, 7) is 10.5. The highest BCUT2D eigenvalue weighted by molar-refractivity contribution is 5.83. The Bertz CT molecular complexity index is 416. The first-order chi connectivity index (χ1) is 10.3. The number of morpholine rings is 1. The van der Waals surface area contributed by atoms with Gasteiger partial charge in [0.2, 0.25) is 5.91 Å². The van der Waals surface area contributed by atoms with Gasteiger partial charge in [0.05, 0.1) is 24.2 Å². The van der Waals surface area contributed by atoms with Gasteiger partial charge < -0.3 is 14.7 Å². The van der Waals surface area contributed by atoms with Crippen molar-refractivity contribution < 1.29 is 19.4 Å². The SMILES string of the molecule is CC1CN(C(C(=O)N2CCC(C(=O)O)C2)C(C)C)CC(C)O1. The molecule has 4 unspecified atom stereocenters. The van der Waals surface area contributed by atoms with Gasteiger partial charge in [-0.25, -0.2) is 0 Å². The van der Waals surface area contributed by atoms with Crippen LogP contribution in [0.15, 0.2) is 0 Å². The predicted octanol–water partition coefficient (Wildman–Crippen LogP) is 1.05. The third-order valence-corrected chi connectivity index (χ3v) is 4.57. The molecule has 2 heterocycles. The molecule has 2 fully saturated rings. The summed E-state index contributed by atoms with van der Waals surface area (Å²) in [7, 11) is 0. The number of rotatable bonds is 4. The molecule has 0 aliphatic carbocycles. The molecule has 2 saturated heterocycles. The number of carboxylic acid groups (broad SMARTS) is 1. The molecule has 0 radical (unpaired) electrons. The van der Waals surface area contributed by atoms with E-state index in [4.69, 9.17) is 9.84 Å². The van der Waals surface area contributed by atoms with Crippen LogP contribution >= 0.6 is 0 Å². The van der Waals surface area contributed by atoms with Gasteiger partial charge in [-0.1, -0.05) is 13.8 Å². The Balaban J connectivity index is 2.07. The number of carboxylic acids is 1. The van der Waals surface area contributed by atoms with E-state index in [0.717, 1.165) is 13.1 Å². The topological polar surface area (TPSA) is 70.1 Å². The molecule has 0 saturated carbocycles. The van der Waals surface area contributed by atoms with E-state index in [0.29, 0.717) is 19.5 Å². The van der Waals surface area contributed by atoms with Crippen molar-refractivity contribution in [2.75, 3.05) is 26.2 Å². The van der Waals surface area contributed by atoms with Gasteiger partial charge in [-0.2, -0.15) is 0 Å². The Morgan fingerprint density at radius 3 is 2.18 bits per heavy atom. The summed E-state index contributed by atoms with van der Waals surface area (Å²) in [6, 6.07) is -0.193. The van der Waals surface area contributed by atoms with Crippen LogP contribution in [0.5, 0.6) is 0 Å². The van der Waals surface area contributed by atoms with Crippen LogP contribution in [0, 0.1) is 11.8 Å². The number of hydrogen-bond acceptors (Lipinski definition) is 4. The normalized spacial score (nSPS) is 31.5. The lowest BCUT2D eigenvalue weighted by atomic mass is 9.99. The summed E-state index contributed by atoms with van der Waals surface area (Å²) < 4.78 is 5.76. The zero-order chi connectivity index (χ0) is 16.4. The molecular formula is C16H28N2O4. The minimum Gasteiger partial charge on any atom is -0.481 e. The van der Waals surface area contributed by atoms with E-state index in [1.165, 1.54) is 0 Å². The highest BCUT2D eigenvalue weighted by atomic mass is 16.5. The number of ether oxygens (including phenoxy) is 1. The summed E-state index contributed by atoms with van der Waals surface area (Å²) in [5, 5.41) is 9.11. The molecule has 0 aromatic rings. The fourth-order valence-electron chi connectivity index (χ4n) is 3.66. The molecule has 2 aliphatic rings. The first kappa shape index (κ1) is 17.2. The maximum Gasteiger partial charge on any atom is 0.308 e. The lowest BCUT2D eigenvalue weighted by Crippen LogP contribution is -2.57. The number of nitrogens with zero attached hydrogens (tertiary/aromatic N) is 2. The fourth-order valence-corrected chi connectivity index (χ4v) is 3.66. The molecular weight excluding hydrogens is 284 g/mol. The fraction of sp³-hybridized carbons (Fsp3) is 0.875. The van der Waals surface area contributed by atoms with Crippen molar-refractivity contribution in [2.45, 2.75) is 52.4 Å². The van der Waals surface area contributed by atoms with Gasteiger partial charge >= 0.3 is 5.97 Å². The zero-order valence-corrected chi connectivity index (χ0v) is 14.0. The summed E-state index contributed by atoms with van der Waals surface area (Å²) in [6.07, 6.45) is 0.785. The van der Waals surface area contributed by atoms with Crippen LogP contribution in [-0.2, 0) is 14.3 Å². The van der Waals surface area contributed by atoms with Crippen LogP contribution in [0.1, 0.15) is 34.1 Å². The maximum absolute atomic E-state index is 12.9. The van der Waals surface area contributed by atoms with Gasteiger partial charge in [-0.3, -0.25) is 14.5 Å². The van der Waals surface area contributed by atoms with E-state index in [2.05, 4.69) is 18.7 Å². The summed E-state index contributed by atoms with van der Waals surface area (Å²) in [5.41, 5.74) is 0. The Morgan fingerprint density at radius 1 is 1.14 bits per heavy atom. The zero-order valence-electron chi connectivity index (χ0n) is 14.0. The van der Waals surface area contributed by atoms with E-state index >= 15 is 0 Å². The lowest BCUT2D eigenvalue weighted by Gasteiger charge is -2.42. The van der Waals surface area contributed by atoms with Gasteiger partial charge in [0.25, 0.3) is 0 Å². The Hall–Kier alpha value is -1.14. The van der Waals surface area contributed by atoms with Crippen molar-refractivity contribution in [2.24, 2.45) is 11.8 Å². The number of amides is 1. The van der Waals surface area contributed by atoms with Gasteiger partial charge in [0.1, 0.15) is 0 Å². The van der Waals surface area contributed by atoms with Gasteiger partial charge in [0, 0.05) is 26.2 Å². The molecule has 2 aliphatic heterocycles. The molecule has 0 aromatic heterocycles. The minimum absolute atomic E-state index is 0.0695. The van der Waals surface area contributed by atoms with Crippen LogP contribution in [0.2, 0.25) is 0 Å². The van der Waals surface area contributed by atoms with Crippen LogP contribution in [-0.4, -0.2) is 71.2 Å². The van der Waals surface area contributed by atoms with Crippen molar-refractivity contribution in [1.29, 1.82) is 0 Å². The Labute approximate surface area is 132 Å². The average molecular weight is 312 g/mol. The predicted molar refractivity (Wildman–Crippen MR) is 82.5 cm³/mol. The summed E-state index contributed by atoms with van der Waals surface area (Å²) in [5.74, 6) is -0.960. The second kappa shape index (κ2) is 6.96. The van der Waals surface area contributed by atoms with Gasteiger partial charge in [-0.05, 0) is 26.2 Å². The van der Waals surface area contributed by atoms with Crippen molar-refractivity contribution in [3.05, 3.63) is 0 Å². The Morgan fingerprint density at radius 2 is 1.73 bits per heavy atom. The van der Waals surface area contributed by atoms with E-state index in [-0.39, 0.29) is 30.1 Å². The third kappa shape index (κ3) is 3.79. The molecule has 4 atom stereocenters. The van der Waals surface area contributed by atoms with E-state index in [1.54, 1.807) is 4.90 Å². The monoisotopic (exact) mass is 312 g/mol. The number of carbonyl (C=O) groups is 2. The molecule has 1 N–H and O–H groups in total. The quantitative estimate of drug-likeness (QED) is 0.840. The molecule has 0 aromatic carbocycles. The standard InChI is InChI=1S/C16H28N2O4/c1-10(2)14(18-7-11(3)22-12(4)8-18)15(19)17-6-5-13(9-17)16(20)21/h10-14H,5-9H2,1-4H3,(H,20,21). The average Bonchev–Trinajstić information content (AvgIpc) is 2.86. The molecule has 1 amide bonds. The summed E-state index contributed by atoms with van der Waals surface area (Å²) >= 11 is 0. The maximum atomic E-state index is 12.9. The highest BCUT2D eigenvalue weighted by Gasteiger charge is 2.39. The van der Waals surface area contributed by atoms with Crippen LogP contribution < -0.4 is 0 Å². The molecule has 6 heteroatoms. The highest BCUT2D eigenvalue weighted by Crippen LogP contribution is 2.24. The molecule has 126 valence electrons. The van der Waals surface area contributed by atoms with Crippen LogP contribution in [0.3, 0.4) is 0 Å². The van der Waals surface area contributed by atoms with E-state index in [1.807, 2.05) is 13.8 Å². The van der Waals surface area contributed by atoms with Gasteiger partial charge in [-0.15, -0.1) is 0 Å². The third-order valence-electron chi connectivity index (χ3n) is 4.57. The van der Waals surface area contributed by atoms with Crippen molar-refractivity contribution in [3.63, 3.8) is 0 Å². The molecule has 0 bridgehead atoms. The largest absolute Gasteiger partial charge is 0.481 e. The second-order valence-electron chi connectivity index (χ2n) is 7.01. The Kier molecular flexibility index (Phi) is 5.45. The number of carbonyl (C=O) groups excluding carboxylic acids is 1. The second-order valence-corrected chi connectivity index (χ2v) is 7.01. The number of aliphatic carboxylic acids is 1. The first-order valence-corrected chi connectivity index (χ1v) is 8.20. The van der Waals surface area contributed by atoms with Crippen LogP contribution in [0.25, 0.3) is 0 Å². The first-order valence-electron chi connectivity index (χ1n) is 8.20. The number of likely N-dealkylation sites (tertiary alicyclic amines) is 1. The van der Waals surface area contributed by atoms with Crippen molar-refractivity contribution in [1.82, 2.24) is 9.80 Å². The van der Waals surface area contributed by atoms with Gasteiger partial charge in [0.15, 0.2) is 0 Å². The van der Waals surface area contributed by atoms with Crippen molar-refractivity contribution >= 4 is 11.9 Å². The summed E-state index contributed by atoms with van der Waals surface area (Å²) in [4.78, 5) is 28.0. The van der Waals surface area contributed by atoms with E-state index < -0.39 is 11.9 Å². The number of hydrogen-bond donors (Lipinski definition) is 1. The molecule has 0 spiro atoms. The van der Waals surface area contributed by atoms with E-state index in [9.17, 15) is 9.59 Å². The van der Waals surface area contributed by atoms with Crippen molar-refractivity contribution in [3.8, 4) is 0 Å². The molecule has 2 rings (SSSR count). The lowest BCUT2D eigenvalue weighted by molar-refractivity contribution is -0.145. The minimum atomic E-state index is -0.801. The molecule has 22 heavy (non-hydrogen) atoms.